The summed E-state index contributed by atoms with van der Waals surface area (Å²) in [7, 11) is 0. The summed E-state index contributed by atoms with van der Waals surface area (Å²) in [6.45, 7) is 11.1. The van der Waals surface area contributed by atoms with Gasteiger partial charge in [0.2, 0.25) is 0 Å². The van der Waals surface area contributed by atoms with E-state index in [4.69, 9.17) is 9.84 Å². The monoisotopic (exact) mass is 434 g/mol. The van der Waals surface area contributed by atoms with E-state index in [-0.39, 0.29) is 11.8 Å². The fraction of sp³-hybridized carbons (Fsp3) is 0.500. The van der Waals surface area contributed by atoms with E-state index in [1.807, 2.05) is 33.6 Å². The van der Waals surface area contributed by atoms with E-state index in [2.05, 4.69) is 42.7 Å². The van der Waals surface area contributed by atoms with Crippen LogP contribution in [0.3, 0.4) is 0 Å². The molecule has 1 aromatic carbocycles. The van der Waals surface area contributed by atoms with Crippen molar-refractivity contribution in [1.82, 2.24) is 29.4 Å². The SMILES string of the molecule is CC(C)N1CC(CC(=O)c2ccc3c(c2)-n2nc(-c4ncnn4C(C)C)cc2CCO3)C1. The summed E-state index contributed by atoms with van der Waals surface area (Å²) in [6.07, 6.45) is 2.88. The molecule has 0 unspecified atom stereocenters. The average Bonchev–Trinajstić information content (AvgIpc) is 3.34. The Morgan fingerprint density at radius 1 is 1.16 bits per heavy atom. The van der Waals surface area contributed by atoms with E-state index in [1.54, 1.807) is 6.33 Å². The first kappa shape index (κ1) is 20.9. The molecular weight excluding hydrogens is 404 g/mol. The van der Waals surface area contributed by atoms with Crippen molar-refractivity contribution in [3.8, 4) is 23.0 Å². The number of carbonyl (C=O) groups excluding carboxylic acids is 1. The molecule has 4 heterocycles. The smallest absolute Gasteiger partial charge is 0.178 e. The molecule has 0 bridgehead atoms. The van der Waals surface area contributed by atoms with E-state index < -0.39 is 0 Å². The molecule has 0 N–H and O–H groups in total. The van der Waals surface area contributed by atoms with Crippen LogP contribution in [-0.2, 0) is 6.42 Å². The molecule has 0 radical (unpaired) electrons. The summed E-state index contributed by atoms with van der Waals surface area (Å²) in [5, 5.41) is 9.19. The Hall–Kier alpha value is -3.00. The highest BCUT2D eigenvalue weighted by Gasteiger charge is 2.30. The Labute approximate surface area is 188 Å². The summed E-state index contributed by atoms with van der Waals surface area (Å²) < 4.78 is 9.73. The molecule has 168 valence electrons. The zero-order valence-electron chi connectivity index (χ0n) is 19.2. The maximum Gasteiger partial charge on any atom is 0.178 e. The third-order valence-corrected chi connectivity index (χ3v) is 6.39. The van der Waals surface area contributed by atoms with Crippen molar-refractivity contribution in [3.05, 3.63) is 41.9 Å². The zero-order valence-corrected chi connectivity index (χ0v) is 19.2. The second kappa shape index (κ2) is 8.16. The first-order valence-electron chi connectivity index (χ1n) is 11.4. The van der Waals surface area contributed by atoms with Crippen molar-refractivity contribution in [2.75, 3.05) is 19.7 Å². The molecule has 0 saturated carbocycles. The van der Waals surface area contributed by atoms with E-state index in [1.165, 1.54) is 0 Å². The number of likely N-dealkylation sites (tertiary alicyclic amines) is 1. The lowest BCUT2D eigenvalue weighted by molar-refractivity contribution is 0.0562. The molecular formula is C24H30N6O2. The van der Waals surface area contributed by atoms with Crippen molar-refractivity contribution >= 4 is 5.78 Å². The number of hydrogen-bond acceptors (Lipinski definition) is 6. The summed E-state index contributed by atoms with van der Waals surface area (Å²) in [5.41, 5.74) is 3.33. The van der Waals surface area contributed by atoms with Crippen LogP contribution in [-0.4, -0.2) is 61.0 Å². The third-order valence-electron chi connectivity index (χ3n) is 6.39. The largest absolute Gasteiger partial charge is 0.491 e. The van der Waals surface area contributed by atoms with Gasteiger partial charge in [-0.2, -0.15) is 10.2 Å². The number of ether oxygens (including phenoxy) is 1. The van der Waals surface area contributed by atoms with Crippen LogP contribution >= 0.6 is 0 Å². The molecule has 0 atom stereocenters. The molecule has 32 heavy (non-hydrogen) atoms. The molecule has 0 spiro atoms. The van der Waals surface area contributed by atoms with Crippen LogP contribution in [0.25, 0.3) is 17.2 Å². The molecule has 1 fully saturated rings. The lowest BCUT2D eigenvalue weighted by Gasteiger charge is -2.41. The highest BCUT2D eigenvalue weighted by molar-refractivity contribution is 5.97. The number of carbonyl (C=O) groups is 1. The van der Waals surface area contributed by atoms with Crippen molar-refractivity contribution in [2.45, 2.75) is 52.6 Å². The van der Waals surface area contributed by atoms with Gasteiger partial charge in [-0.1, -0.05) is 0 Å². The maximum atomic E-state index is 13.0. The van der Waals surface area contributed by atoms with Crippen LogP contribution in [0.4, 0.5) is 0 Å². The standard InChI is InChI=1S/C24H30N6O2/c1-15(2)28-12-17(13-28)9-22(31)18-5-6-23-21(10-18)30-19(7-8-32-23)11-20(27-30)24-25-14-26-29(24)16(3)4/h5-6,10-11,14-17H,7-9,12-13H2,1-4H3. The second-order valence-electron chi connectivity index (χ2n) is 9.38. The lowest BCUT2D eigenvalue weighted by atomic mass is 9.90. The molecule has 3 aromatic rings. The molecule has 8 heteroatoms. The Balaban J connectivity index is 1.44. The van der Waals surface area contributed by atoms with Crippen molar-refractivity contribution in [3.63, 3.8) is 0 Å². The van der Waals surface area contributed by atoms with Gasteiger partial charge < -0.3 is 9.64 Å². The van der Waals surface area contributed by atoms with Gasteiger partial charge in [0.25, 0.3) is 0 Å². The first-order valence-corrected chi connectivity index (χ1v) is 11.4. The van der Waals surface area contributed by atoms with Crippen LogP contribution in [0.15, 0.2) is 30.6 Å². The molecule has 8 nitrogen and oxygen atoms in total. The van der Waals surface area contributed by atoms with E-state index >= 15 is 0 Å². The maximum absolute atomic E-state index is 13.0. The number of ketones is 1. The molecule has 1 saturated heterocycles. The summed E-state index contributed by atoms with van der Waals surface area (Å²) in [6, 6.07) is 8.48. The Morgan fingerprint density at radius 2 is 1.97 bits per heavy atom. The normalized spacial score (nSPS) is 16.4. The van der Waals surface area contributed by atoms with Gasteiger partial charge >= 0.3 is 0 Å². The minimum Gasteiger partial charge on any atom is -0.491 e. The third kappa shape index (κ3) is 3.72. The van der Waals surface area contributed by atoms with Gasteiger partial charge in [-0.3, -0.25) is 4.79 Å². The molecule has 5 rings (SSSR count). The van der Waals surface area contributed by atoms with Gasteiger partial charge in [0.15, 0.2) is 11.6 Å². The topological polar surface area (TPSA) is 78.1 Å². The average molecular weight is 435 g/mol. The van der Waals surface area contributed by atoms with Crippen LogP contribution in [0.5, 0.6) is 5.75 Å². The summed E-state index contributed by atoms with van der Waals surface area (Å²) in [5.74, 6) is 2.11. The predicted molar refractivity (Wildman–Crippen MR) is 121 cm³/mol. The van der Waals surface area contributed by atoms with Crippen molar-refractivity contribution in [2.24, 2.45) is 5.92 Å². The second-order valence-corrected chi connectivity index (χ2v) is 9.38. The van der Waals surface area contributed by atoms with E-state index in [0.29, 0.717) is 30.6 Å². The van der Waals surface area contributed by atoms with Gasteiger partial charge in [0.1, 0.15) is 23.5 Å². The van der Waals surface area contributed by atoms with Gasteiger partial charge in [-0.15, -0.1) is 0 Å². The molecule has 0 amide bonds. The first-order chi connectivity index (χ1) is 15.4. The minimum atomic E-state index is 0.180. The lowest BCUT2D eigenvalue weighted by Crippen LogP contribution is -2.50. The Kier molecular flexibility index (Phi) is 5.33. The van der Waals surface area contributed by atoms with Crippen LogP contribution < -0.4 is 4.74 Å². The number of benzene rings is 1. The van der Waals surface area contributed by atoms with Crippen molar-refractivity contribution in [1.29, 1.82) is 0 Å². The van der Waals surface area contributed by atoms with E-state index in [0.717, 1.165) is 48.2 Å². The van der Waals surface area contributed by atoms with Gasteiger partial charge in [-0.05, 0) is 57.9 Å². The molecule has 2 aromatic heterocycles. The van der Waals surface area contributed by atoms with Crippen LogP contribution in [0.2, 0.25) is 0 Å². The van der Waals surface area contributed by atoms with Gasteiger partial charge in [0, 0.05) is 49.3 Å². The van der Waals surface area contributed by atoms with Crippen molar-refractivity contribution < 1.29 is 9.53 Å². The van der Waals surface area contributed by atoms with Crippen LogP contribution in [0, 0.1) is 5.92 Å². The molecule has 2 aliphatic rings. The summed E-state index contributed by atoms with van der Waals surface area (Å²) in [4.78, 5) is 19.8. The fourth-order valence-electron chi connectivity index (χ4n) is 4.51. The number of hydrogen-bond donors (Lipinski definition) is 0. The zero-order chi connectivity index (χ0) is 22.4. The number of fused-ring (bicyclic) bond motifs is 3. The van der Waals surface area contributed by atoms with Gasteiger partial charge in [-0.25, -0.2) is 14.3 Å². The Bertz CT molecular complexity index is 1140. The highest BCUT2D eigenvalue weighted by Crippen LogP contribution is 2.32. The fourth-order valence-corrected chi connectivity index (χ4v) is 4.51. The number of Topliss-reactive ketones (excluding diaryl/α,β-unsaturated/α-hetero) is 1. The molecule has 0 aliphatic carbocycles. The van der Waals surface area contributed by atoms with Gasteiger partial charge in [0.05, 0.1) is 6.61 Å². The predicted octanol–water partition coefficient (Wildman–Crippen LogP) is 3.56. The minimum absolute atomic E-state index is 0.180. The Morgan fingerprint density at radius 3 is 2.72 bits per heavy atom. The quantitative estimate of drug-likeness (QED) is 0.552. The van der Waals surface area contributed by atoms with Crippen LogP contribution in [0.1, 0.15) is 56.2 Å². The molecule has 2 aliphatic heterocycles. The number of aromatic nitrogens is 5. The summed E-state index contributed by atoms with van der Waals surface area (Å²) >= 11 is 0. The van der Waals surface area contributed by atoms with E-state index in [9.17, 15) is 4.79 Å². The number of nitrogens with zero attached hydrogens (tertiary/aromatic N) is 6. The highest BCUT2D eigenvalue weighted by atomic mass is 16.5. The number of rotatable bonds is 6.